The van der Waals surface area contributed by atoms with Gasteiger partial charge in [-0.3, -0.25) is 4.79 Å². The molecule has 0 fully saturated rings. The first-order valence-electron chi connectivity index (χ1n) is 5.87. The van der Waals surface area contributed by atoms with E-state index in [2.05, 4.69) is 19.2 Å². The number of hydrogen-bond acceptors (Lipinski definition) is 2. The van der Waals surface area contributed by atoms with Crippen LogP contribution in [0.3, 0.4) is 0 Å². The Morgan fingerprint density at radius 1 is 1.53 bits per heavy atom. The zero-order valence-corrected chi connectivity index (χ0v) is 11.1. The van der Waals surface area contributed by atoms with E-state index in [1.54, 1.807) is 12.1 Å². The van der Waals surface area contributed by atoms with Crippen LogP contribution in [-0.2, 0) is 0 Å². The number of amides is 1. The topological polar surface area (TPSA) is 55.1 Å². The predicted molar refractivity (Wildman–Crippen MR) is 72.5 cm³/mol. The average Bonchev–Trinajstić information content (AvgIpc) is 2.26. The highest BCUT2D eigenvalue weighted by Crippen LogP contribution is 2.21. The minimum atomic E-state index is -0.499. The van der Waals surface area contributed by atoms with Crippen LogP contribution < -0.4 is 11.1 Å². The molecule has 0 saturated heterocycles. The van der Waals surface area contributed by atoms with E-state index in [0.29, 0.717) is 16.5 Å². The second-order valence-electron chi connectivity index (χ2n) is 4.33. The Morgan fingerprint density at radius 3 is 2.76 bits per heavy atom. The van der Waals surface area contributed by atoms with E-state index in [9.17, 15) is 4.79 Å². The molecule has 3 N–H and O–H groups in total. The summed E-state index contributed by atoms with van der Waals surface area (Å²) >= 11 is 5.96. The highest BCUT2D eigenvalue weighted by Gasteiger charge is 2.07. The molecule has 1 aromatic carbocycles. The third-order valence-electron chi connectivity index (χ3n) is 2.67. The summed E-state index contributed by atoms with van der Waals surface area (Å²) in [4.78, 5) is 11.0. The Kier molecular flexibility index (Phi) is 5.29. The summed E-state index contributed by atoms with van der Waals surface area (Å²) in [5.41, 5.74) is 6.46. The fourth-order valence-electron chi connectivity index (χ4n) is 1.71. The number of rotatable bonds is 6. The molecule has 1 unspecified atom stereocenters. The van der Waals surface area contributed by atoms with Gasteiger partial charge in [-0.2, -0.15) is 0 Å². The summed E-state index contributed by atoms with van der Waals surface area (Å²) in [6, 6.07) is 5.21. The number of anilines is 1. The number of benzene rings is 1. The molecule has 0 aliphatic carbocycles. The monoisotopic (exact) mass is 254 g/mol. The van der Waals surface area contributed by atoms with Crippen molar-refractivity contribution in [1.82, 2.24) is 0 Å². The van der Waals surface area contributed by atoms with Gasteiger partial charge in [0.05, 0.1) is 10.6 Å². The van der Waals surface area contributed by atoms with E-state index in [4.69, 9.17) is 17.3 Å². The molecule has 0 spiro atoms. The van der Waals surface area contributed by atoms with Crippen LogP contribution in [0.4, 0.5) is 5.69 Å². The van der Waals surface area contributed by atoms with E-state index in [0.717, 1.165) is 12.2 Å². The number of carbonyl (C=O) groups excluding carboxylic acids is 1. The van der Waals surface area contributed by atoms with Crippen LogP contribution in [-0.4, -0.2) is 12.5 Å². The lowest BCUT2D eigenvalue weighted by Crippen LogP contribution is -2.13. The highest BCUT2D eigenvalue weighted by molar-refractivity contribution is 6.34. The Hall–Kier alpha value is -1.22. The molecule has 4 heteroatoms. The fraction of sp³-hybridized carbons (Fsp3) is 0.462. The first-order valence-corrected chi connectivity index (χ1v) is 6.25. The van der Waals surface area contributed by atoms with Crippen LogP contribution in [0, 0.1) is 5.92 Å². The smallest absolute Gasteiger partial charge is 0.250 e. The Bertz CT molecular complexity index is 393. The van der Waals surface area contributed by atoms with E-state index in [1.807, 2.05) is 6.07 Å². The number of primary amides is 1. The predicted octanol–water partition coefficient (Wildman–Crippen LogP) is 3.29. The zero-order chi connectivity index (χ0) is 12.8. The minimum Gasteiger partial charge on any atom is -0.385 e. The lowest BCUT2D eigenvalue weighted by Gasteiger charge is -2.13. The summed E-state index contributed by atoms with van der Waals surface area (Å²) < 4.78 is 0. The van der Waals surface area contributed by atoms with Crippen LogP contribution in [0.1, 0.15) is 37.0 Å². The van der Waals surface area contributed by atoms with Crippen LogP contribution >= 0.6 is 11.6 Å². The Morgan fingerprint density at radius 2 is 2.24 bits per heavy atom. The molecule has 1 aromatic rings. The van der Waals surface area contributed by atoms with E-state index >= 15 is 0 Å². The van der Waals surface area contributed by atoms with Gasteiger partial charge >= 0.3 is 0 Å². The molecule has 0 saturated carbocycles. The molecule has 0 aromatic heterocycles. The molecular formula is C13H19ClN2O. The second kappa shape index (κ2) is 6.50. The molecule has 0 heterocycles. The highest BCUT2D eigenvalue weighted by atomic mass is 35.5. The number of hydrogen-bond donors (Lipinski definition) is 2. The third kappa shape index (κ3) is 4.27. The van der Waals surface area contributed by atoms with Crippen molar-refractivity contribution in [3.8, 4) is 0 Å². The largest absolute Gasteiger partial charge is 0.385 e. The molecule has 0 bridgehead atoms. The van der Waals surface area contributed by atoms with Gasteiger partial charge in [0.15, 0.2) is 0 Å². The van der Waals surface area contributed by atoms with Crippen molar-refractivity contribution in [3.05, 3.63) is 28.8 Å². The Labute approximate surface area is 107 Å². The van der Waals surface area contributed by atoms with Crippen LogP contribution in [0.15, 0.2) is 18.2 Å². The molecule has 0 radical (unpaired) electrons. The maximum Gasteiger partial charge on any atom is 0.250 e. The lowest BCUT2D eigenvalue weighted by molar-refractivity contribution is 0.100. The number of nitrogens with two attached hydrogens (primary N) is 1. The van der Waals surface area contributed by atoms with Crippen molar-refractivity contribution in [1.29, 1.82) is 0 Å². The normalized spacial score (nSPS) is 12.2. The number of halogens is 1. The standard InChI is InChI=1S/C13H19ClN2O/c1-3-4-9(2)8-16-10-5-6-11(13(15)17)12(14)7-10/h5-7,9,16H,3-4,8H2,1-2H3,(H2,15,17). The first kappa shape index (κ1) is 13.8. The SMILES string of the molecule is CCCC(C)CNc1ccc(C(N)=O)c(Cl)c1. The van der Waals surface area contributed by atoms with E-state index in [-0.39, 0.29) is 0 Å². The summed E-state index contributed by atoms with van der Waals surface area (Å²) in [5.74, 6) is 0.121. The fourth-order valence-corrected chi connectivity index (χ4v) is 1.99. The van der Waals surface area contributed by atoms with Gasteiger partial charge in [0, 0.05) is 12.2 Å². The molecule has 3 nitrogen and oxygen atoms in total. The van der Waals surface area contributed by atoms with Gasteiger partial charge in [0.2, 0.25) is 5.91 Å². The summed E-state index contributed by atoms with van der Waals surface area (Å²) in [6.07, 6.45) is 2.38. The van der Waals surface area contributed by atoms with Crippen molar-refractivity contribution >= 4 is 23.2 Å². The summed E-state index contributed by atoms with van der Waals surface area (Å²) in [6.45, 7) is 5.28. The molecule has 1 atom stereocenters. The van der Waals surface area contributed by atoms with E-state index < -0.39 is 5.91 Å². The quantitative estimate of drug-likeness (QED) is 0.819. The van der Waals surface area contributed by atoms with Crippen molar-refractivity contribution in [2.75, 3.05) is 11.9 Å². The number of carbonyl (C=O) groups is 1. The van der Waals surface area contributed by atoms with Crippen molar-refractivity contribution < 1.29 is 4.79 Å². The number of nitrogens with one attached hydrogen (secondary N) is 1. The minimum absolute atomic E-state index is 0.360. The van der Waals surface area contributed by atoms with Crippen LogP contribution in [0.2, 0.25) is 5.02 Å². The third-order valence-corrected chi connectivity index (χ3v) is 2.98. The van der Waals surface area contributed by atoms with Gasteiger partial charge in [-0.25, -0.2) is 0 Å². The molecule has 0 aliphatic heterocycles. The molecule has 1 rings (SSSR count). The van der Waals surface area contributed by atoms with Gasteiger partial charge in [-0.1, -0.05) is 31.9 Å². The molecule has 1 amide bonds. The lowest BCUT2D eigenvalue weighted by atomic mass is 10.1. The van der Waals surface area contributed by atoms with Gasteiger partial charge in [0.1, 0.15) is 0 Å². The van der Waals surface area contributed by atoms with Crippen molar-refractivity contribution in [2.24, 2.45) is 11.7 Å². The van der Waals surface area contributed by atoms with E-state index in [1.165, 1.54) is 12.8 Å². The average molecular weight is 255 g/mol. The summed E-state index contributed by atoms with van der Waals surface area (Å²) in [5, 5.41) is 3.69. The van der Waals surface area contributed by atoms with Gasteiger partial charge < -0.3 is 11.1 Å². The Balaban J connectivity index is 2.62. The van der Waals surface area contributed by atoms with Crippen molar-refractivity contribution in [3.63, 3.8) is 0 Å². The first-order chi connectivity index (χ1) is 8.04. The van der Waals surface area contributed by atoms with Gasteiger partial charge in [-0.15, -0.1) is 0 Å². The molecule has 17 heavy (non-hydrogen) atoms. The molecule has 94 valence electrons. The maximum atomic E-state index is 11.0. The molecular weight excluding hydrogens is 236 g/mol. The second-order valence-corrected chi connectivity index (χ2v) is 4.74. The zero-order valence-electron chi connectivity index (χ0n) is 10.3. The van der Waals surface area contributed by atoms with Crippen LogP contribution in [0.25, 0.3) is 0 Å². The van der Waals surface area contributed by atoms with Crippen molar-refractivity contribution in [2.45, 2.75) is 26.7 Å². The van der Waals surface area contributed by atoms with Crippen LogP contribution in [0.5, 0.6) is 0 Å². The maximum absolute atomic E-state index is 11.0. The van der Waals surface area contributed by atoms with Gasteiger partial charge in [0.25, 0.3) is 0 Å². The van der Waals surface area contributed by atoms with Gasteiger partial charge in [-0.05, 0) is 30.5 Å². The summed E-state index contributed by atoms with van der Waals surface area (Å²) in [7, 11) is 0. The molecule has 0 aliphatic rings.